The first-order valence-electron chi connectivity index (χ1n) is 9.55. The minimum Gasteiger partial charge on any atom is -0.348 e. The second-order valence-corrected chi connectivity index (χ2v) is 7.34. The number of carbonyl (C=O) groups is 5. The fourth-order valence-electron chi connectivity index (χ4n) is 3.80. The molecule has 2 N–H and O–H groups in total. The Balaban J connectivity index is 1.57. The topological polar surface area (TPSA) is 113 Å². The number of hydrogen-bond acceptors (Lipinski definition) is 5. The van der Waals surface area contributed by atoms with Crippen LogP contribution >= 0.6 is 0 Å². The van der Waals surface area contributed by atoms with Crippen molar-refractivity contribution < 1.29 is 24.0 Å². The minimum atomic E-state index is -1.02. The maximum atomic E-state index is 13.0. The Morgan fingerprint density at radius 1 is 1.10 bits per heavy atom. The molecule has 5 amide bonds. The van der Waals surface area contributed by atoms with Crippen LogP contribution in [0.2, 0.25) is 0 Å². The van der Waals surface area contributed by atoms with Crippen molar-refractivity contribution in [2.24, 2.45) is 0 Å². The van der Waals surface area contributed by atoms with Gasteiger partial charge < -0.3 is 5.32 Å². The van der Waals surface area contributed by atoms with Crippen LogP contribution in [0.1, 0.15) is 55.0 Å². The van der Waals surface area contributed by atoms with Crippen LogP contribution in [0.4, 0.5) is 0 Å². The van der Waals surface area contributed by atoms with E-state index in [4.69, 9.17) is 0 Å². The Labute approximate surface area is 172 Å². The molecule has 2 aromatic carbocycles. The number of carbonyl (C=O) groups excluding carboxylic acids is 5. The minimum absolute atomic E-state index is 0.0537. The van der Waals surface area contributed by atoms with Gasteiger partial charge in [-0.15, -0.1) is 0 Å². The third kappa shape index (κ3) is 3.36. The normalized spacial score (nSPS) is 18.3. The molecule has 8 nitrogen and oxygen atoms in total. The molecule has 0 bridgehead atoms. The monoisotopic (exact) mass is 405 g/mol. The van der Waals surface area contributed by atoms with Gasteiger partial charge in [0.05, 0.1) is 11.1 Å². The van der Waals surface area contributed by atoms with Gasteiger partial charge in [0, 0.05) is 18.5 Å². The van der Waals surface area contributed by atoms with Crippen molar-refractivity contribution >= 4 is 29.5 Å². The number of imide groups is 2. The van der Waals surface area contributed by atoms with E-state index in [1.54, 1.807) is 30.3 Å². The number of aryl methyl sites for hydroxylation is 1. The van der Waals surface area contributed by atoms with Crippen molar-refractivity contribution in [3.05, 3.63) is 70.3 Å². The van der Waals surface area contributed by atoms with Crippen LogP contribution in [0.3, 0.4) is 0 Å². The molecule has 30 heavy (non-hydrogen) atoms. The summed E-state index contributed by atoms with van der Waals surface area (Å²) in [5.74, 6) is -2.54. The lowest BCUT2D eigenvalue weighted by atomic mass is 10.0. The van der Waals surface area contributed by atoms with Crippen molar-refractivity contribution in [1.82, 2.24) is 15.5 Å². The summed E-state index contributed by atoms with van der Waals surface area (Å²) in [6, 6.07) is 10.9. The summed E-state index contributed by atoms with van der Waals surface area (Å²) in [7, 11) is 0. The molecule has 1 fully saturated rings. The summed E-state index contributed by atoms with van der Waals surface area (Å²) >= 11 is 0. The van der Waals surface area contributed by atoms with Crippen LogP contribution in [-0.4, -0.2) is 40.5 Å². The second-order valence-electron chi connectivity index (χ2n) is 7.34. The molecular weight excluding hydrogens is 386 g/mol. The van der Waals surface area contributed by atoms with E-state index >= 15 is 0 Å². The summed E-state index contributed by atoms with van der Waals surface area (Å²) in [6.45, 7) is 1.94. The summed E-state index contributed by atoms with van der Waals surface area (Å²) < 4.78 is 0. The van der Waals surface area contributed by atoms with Crippen molar-refractivity contribution in [1.29, 1.82) is 0 Å². The van der Waals surface area contributed by atoms with Crippen molar-refractivity contribution in [3.8, 4) is 0 Å². The fourth-order valence-corrected chi connectivity index (χ4v) is 3.80. The molecule has 2 aliphatic heterocycles. The van der Waals surface area contributed by atoms with Gasteiger partial charge >= 0.3 is 0 Å². The molecule has 2 aromatic rings. The van der Waals surface area contributed by atoms with Crippen LogP contribution in [0, 0.1) is 6.92 Å². The molecule has 4 rings (SSSR count). The van der Waals surface area contributed by atoms with Gasteiger partial charge in [0.2, 0.25) is 11.8 Å². The lowest BCUT2D eigenvalue weighted by molar-refractivity contribution is -0.136. The number of benzene rings is 2. The zero-order valence-corrected chi connectivity index (χ0v) is 16.2. The van der Waals surface area contributed by atoms with Crippen LogP contribution in [0.5, 0.6) is 0 Å². The fraction of sp³-hybridized carbons (Fsp3) is 0.227. The zero-order valence-electron chi connectivity index (χ0n) is 16.2. The molecule has 152 valence electrons. The molecule has 0 saturated carbocycles. The van der Waals surface area contributed by atoms with E-state index in [2.05, 4.69) is 10.6 Å². The van der Waals surface area contributed by atoms with Crippen molar-refractivity contribution in [2.45, 2.75) is 32.4 Å². The lowest BCUT2D eigenvalue weighted by Crippen LogP contribution is -2.54. The average Bonchev–Trinajstić information content (AvgIpc) is 2.97. The molecule has 0 aromatic heterocycles. The number of hydrogen-bond donors (Lipinski definition) is 2. The van der Waals surface area contributed by atoms with Crippen molar-refractivity contribution in [3.63, 3.8) is 0 Å². The van der Waals surface area contributed by atoms with E-state index in [-0.39, 0.29) is 36.4 Å². The number of nitrogens with one attached hydrogen (secondary N) is 2. The first kappa shape index (κ1) is 19.5. The summed E-state index contributed by atoms with van der Waals surface area (Å²) in [5.41, 5.74) is 2.30. The third-order valence-electron chi connectivity index (χ3n) is 5.27. The maximum absolute atomic E-state index is 13.0. The number of rotatable bonds is 4. The quantitative estimate of drug-likeness (QED) is 0.745. The number of nitrogens with zero attached hydrogens (tertiary/aromatic N) is 1. The predicted molar refractivity (Wildman–Crippen MR) is 105 cm³/mol. The highest BCUT2D eigenvalue weighted by atomic mass is 16.2. The first-order chi connectivity index (χ1) is 14.4. The Hall–Kier alpha value is -3.81. The Bertz CT molecular complexity index is 1110. The molecule has 1 unspecified atom stereocenters. The Morgan fingerprint density at radius 2 is 1.87 bits per heavy atom. The number of fused-ring (bicyclic) bond motifs is 1. The van der Waals surface area contributed by atoms with Crippen LogP contribution in [0.15, 0.2) is 42.5 Å². The third-order valence-corrected chi connectivity index (χ3v) is 5.27. The SMILES string of the molecule is Cc1cccc(C(=O)NCc2cccc3c2C(=O)N(C2CCC(=O)NC2=O)C3=O)c1. The highest BCUT2D eigenvalue weighted by molar-refractivity contribution is 6.24. The van der Waals surface area contributed by atoms with Crippen LogP contribution in [0.25, 0.3) is 0 Å². The number of piperidine rings is 1. The summed E-state index contributed by atoms with van der Waals surface area (Å²) in [4.78, 5) is 62.8. The van der Waals surface area contributed by atoms with Crippen LogP contribution < -0.4 is 10.6 Å². The highest BCUT2D eigenvalue weighted by Crippen LogP contribution is 2.29. The molecule has 2 aliphatic rings. The molecular formula is C22H19N3O5. The first-order valence-corrected chi connectivity index (χ1v) is 9.55. The van der Waals surface area contributed by atoms with E-state index in [0.29, 0.717) is 11.1 Å². The lowest BCUT2D eigenvalue weighted by Gasteiger charge is -2.27. The predicted octanol–water partition coefficient (Wildman–Crippen LogP) is 1.33. The van der Waals surface area contributed by atoms with Gasteiger partial charge in [-0.3, -0.25) is 34.2 Å². The molecule has 0 spiro atoms. The van der Waals surface area contributed by atoms with Gasteiger partial charge in [0.15, 0.2) is 0 Å². The highest BCUT2D eigenvalue weighted by Gasteiger charge is 2.45. The molecule has 0 radical (unpaired) electrons. The van der Waals surface area contributed by atoms with Gasteiger partial charge in [0.1, 0.15) is 6.04 Å². The summed E-state index contributed by atoms with van der Waals surface area (Å²) in [6.07, 6.45) is 0.152. The Kier molecular flexibility index (Phi) is 4.91. The Morgan fingerprint density at radius 3 is 2.60 bits per heavy atom. The van der Waals surface area contributed by atoms with Gasteiger partial charge in [0.25, 0.3) is 17.7 Å². The van der Waals surface area contributed by atoms with Gasteiger partial charge in [-0.25, -0.2) is 0 Å². The van der Waals surface area contributed by atoms with E-state index in [1.165, 1.54) is 6.07 Å². The van der Waals surface area contributed by atoms with Gasteiger partial charge in [-0.2, -0.15) is 0 Å². The smallest absolute Gasteiger partial charge is 0.262 e. The largest absolute Gasteiger partial charge is 0.348 e. The standard InChI is InChI=1S/C22H19N3O5/c1-12-4-2-5-13(10-12)19(27)23-11-14-6-3-7-15-18(14)22(30)25(21(15)29)16-8-9-17(26)24-20(16)28/h2-7,10,16H,8-9,11H2,1H3,(H,23,27)(H,24,26,28). The van der Waals surface area contributed by atoms with Crippen LogP contribution in [-0.2, 0) is 16.1 Å². The van der Waals surface area contributed by atoms with E-state index in [9.17, 15) is 24.0 Å². The van der Waals surface area contributed by atoms with Crippen molar-refractivity contribution in [2.75, 3.05) is 0 Å². The van der Waals surface area contributed by atoms with E-state index in [1.807, 2.05) is 13.0 Å². The van der Waals surface area contributed by atoms with Gasteiger partial charge in [-0.05, 0) is 37.1 Å². The summed E-state index contributed by atoms with van der Waals surface area (Å²) in [5, 5.41) is 4.94. The second kappa shape index (κ2) is 7.55. The van der Waals surface area contributed by atoms with E-state index < -0.39 is 29.7 Å². The van der Waals surface area contributed by atoms with E-state index in [0.717, 1.165) is 10.5 Å². The maximum Gasteiger partial charge on any atom is 0.262 e. The molecule has 2 heterocycles. The number of amides is 5. The molecule has 8 heteroatoms. The average molecular weight is 405 g/mol. The molecule has 0 aliphatic carbocycles. The molecule has 1 atom stereocenters. The van der Waals surface area contributed by atoms with Gasteiger partial charge in [-0.1, -0.05) is 29.8 Å². The molecule has 1 saturated heterocycles. The zero-order chi connectivity index (χ0) is 21.4.